The van der Waals surface area contributed by atoms with E-state index in [9.17, 15) is 9.90 Å². The van der Waals surface area contributed by atoms with Crippen LogP contribution in [0.25, 0.3) is 11.0 Å². The van der Waals surface area contributed by atoms with Gasteiger partial charge in [0.25, 0.3) is 0 Å². The Morgan fingerprint density at radius 1 is 1.21 bits per heavy atom. The minimum absolute atomic E-state index is 0.0551. The lowest BCUT2D eigenvalue weighted by Crippen LogP contribution is -2.31. The number of ether oxygens (including phenoxy) is 2. The van der Waals surface area contributed by atoms with Crippen LogP contribution < -0.4 is 14.8 Å². The largest absolute Gasteiger partial charge is 0.494 e. The number of nitrogens with zero attached hydrogens (tertiary/aromatic N) is 4. The Morgan fingerprint density at radius 2 is 2.09 bits per heavy atom. The van der Waals surface area contributed by atoms with Crippen molar-refractivity contribution in [1.29, 1.82) is 0 Å². The molecule has 1 aliphatic heterocycles. The molecule has 2 bridgehead atoms. The summed E-state index contributed by atoms with van der Waals surface area (Å²) in [4.78, 5) is 30.1. The third-order valence-corrected chi connectivity index (χ3v) is 5.56. The van der Waals surface area contributed by atoms with Crippen LogP contribution in [-0.2, 0) is 4.79 Å². The molecule has 0 aliphatic carbocycles. The molecule has 2 aromatic heterocycles. The second-order valence-corrected chi connectivity index (χ2v) is 7.83. The number of hydrogen-bond acceptors (Lipinski definition) is 8. The van der Waals surface area contributed by atoms with Gasteiger partial charge in [0.1, 0.15) is 17.8 Å². The molecule has 10 nitrogen and oxygen atoms in total. The van der Waals surface area contributed by atoms with Crippen molar-refractivity contribution in [2.45, 2.75) is 25.7 Å². The third kappa shape index (κ3) is 5.16. The molecule has 3 N–H and O–H groups in total. The molecule has 33 heavy (non-hydrogen) atoms. The number of carbonyl (C=O) groups is 1. The molecule has 1 amide bonds. The van der Waals surface area contributed by atoms with Crippen molar-refractivity contribution in [3.8, 4) is 17.4 Å². The van der Waals surface area contributed by atoms with Gasteiger partial charge in [-0.15, -0.1) is 0 Å². The van der Waals surface area contributed by atoms with Crippen LogP contribution in [0.3, 0.4) is 0 Å². The summed E-state index contributed by atoms with van der Waals surface area (Å²) in [6, 6.07) is 5.40. The van der Waals surface area contributed by atoms with E-state index in [1.54, 1.807) is 37.4 Å². The van der Waals surface area contributed by atoms with Crippen LogP contribution in [0.15, 0.2) is 29.5 Å². The number of H-pyrrole nitrogens is 1. The number of nitrogens with one attached hydrogen (secondary N) is 2. The van der Waals surface area contributed by atoms with E-state index in [0.29, 0.717) is 65.7 Å². The number of likely N-dealkylation sites (N-methyl/N-ethyl adjacent to an activating group) is 1. The molecule has 1 aliphatic rings. The highest BCUT2D eigenvalue weighted by molar-refractivity contribution is 6.06. The Kier molecular flexibility index (Phi) is 6.92. The maximum Gasteiger partial charge on any atom is 0.222 e. The van der Waals surface area contributed by atoms with Gasteiger partial charge in [0.15, 0.2) is 17.4 Å². The summed E-state index contributed by atoms with van der Waals surface area (Å²) in [5.74, 6) is 1.81. The SMILES string of the molecule is COc1ccc2cc1OCCCCCC(=O)N(C)CCNc1ncnc3[nH]c(O)c(c13)C=N2. The van der Waals surface area contributed by atoms with E-state index in [2.05, 4.69) is 25.3 Å². The van der Waals surface area contributed by atoms with Crippen LogP contribution in [0.5, 0.6) is 17.4 Å². The highest BCUT2D eigenvalue weighted by Crippen LogP contribution is 2.33. The van der Waals surface area contributed by atoms with Crippen LogP contribution >= 0.6 is 0 Å². The summed E-state index contributed by atoms with van der Waals surface area (Å²) in [5.41, 5.74) is 1.60. The number of aromatic nitrogens is 3. The van der Waals surface area contributed by atoms with Crippen molar-refractivity contribution in [2.24, 2.45) is 4.99 Å². The number of benzene rings is 1. The Bertz CT molecular complexity index is 1160. The van der Waals surface area contributed by atoms with E-state index < -0.39 is 0 Å². The molecule has 3 heterocycles. The molecule has 0 unspecified atom stereocenters. The van der Waals surface area contributed by atoms with Gasteiger partial charge in [-0.25, -0.2) is 9.97 Å². The van der Waals surface area contributed by atoms with Gasteiger partial charge in [-0.2, -0.15) is 0 Å². The highest BCUT2D eigenvalue weighted by atomic mass is 16.5. The van der Waals surface area contributed by atoms with Crippen LogP contribution in [-0.4, -0.2) is 70.9 Å². The smallest absolute Gasteiger partial charge is 0.222 e. The molecule has 174 valence electrons. The normalized spacial score (nSPS) is 15.8. The van der Waals surface area contributed by atoms with E-state index in [4.69, 9.17) is 9.47 Å². The zero-order chi connectivity index (χ0) is 23.2. The minimum Gasteiger partial charge on any atom is -0.494 e. The molecule has 4 rings (SSSR count). The van der Waals surface area contributed by atoms with Gasteiger partial charge in [-0.05, 0) is 31.4 Å². The summed E-state index contributed by atoms with van der Waals surface area (Å²) in [7, 11) is 3.39. The molecule has 0 fully saturated rings. The van der Waals surface area contributed by atoms with Crippen LogP contribution in [0.4, 0.5) is 11.5 Å². The molecular formula is C23H28N6O4. The number of aromatic amines is 1. The Hall–Kier alpha value is -3.82. The molecule has 3 aromatic rings. The summed E-state index contributed by atoms with van der Waals surface area (Å²) in [5, 5.41) is 14.3. The zero-order valence-electron chi connectivity index (χ0n) is 18.8. The molecule has 0 atom stereocenters. The summed E-state index contributed by atoms with van der Waals surface area (Å²) < 4.78 is 11.3. The van der Waals surface area contributed by atoms with Gasteiger partial charge < -0.3 is 29.8 Å². The lowest BCUT2D eigenvalue weighted by Gasteiger charge is -2.18. The first-order chi connectivity index (χ1) is 16.1. The predicted molar refractivity (Wildman–Crippen MR) is 126 cm³/mol. The van der Waals surface area contributed by atoms with E-state index in [-0.39, 0.29) is 11.8 Å². The predicted octanol–water partition coefficient (Wildman–Crippen LogP) is 3.25. The average molecular weight is 453 g/mol. The van der Waals surface area contributed by atoms with E-state index in [1.807, 2.05) is 6.07 Å². The van der Waals surface area contributed by atoms with Crippen molar-refractivity contribution in [3.05, 3.63) is 30.1 Å². The summed E-state index contributed by atoms with van der Waals surface area (Å²) in [6.45, 7) is 1.55. The number of methoxy groups -OCH3 is 1. The first-order valence-corrected chi connectivity index (χ1v) is 10.9. The number of aliphatic imine (C=N–C) groups is 1. The standard InChI is InChI=1S/C23H28N6O4/c1-29-10-9-24-21-20-16(23(31)28-22(20)27-14-26-21)13-25-15-7-8-17(32-2)18(12-15)33-11-5-3-4-6-19(29)30/h7-8,12-14,31H,3-6,9-11H2,1-2H3,(H2,24,26,27,28). The van der Waals surface area contributed by atoms with Gasteiger partial charge >= 0.3 is 0 Å². The Balaban J connectivity index is 1.70. The lowest BCUT2D eigenvalue weighted by atomic mass is 10.2. The average Bonchev–Trinajstić information content (AvgIpc) is 3.14. The topological polar surface area (TPSA) is 125 Å². The van der Waals surface area contributed by atoms with Gasteiger partial charge in [-0.1, -0.05) is 0 Å². The fourth-order valence-corrected chi connectivity index (χ4v) is 3.69. The van der Waals surface area contributed by atoms with Gasteiger partial charge in [0.2, 0.25) is 5.91 Å². The number of amides is 1. The number of hydrogen-bond donors (Lipinski definition) is 3. The molecular weight excluding hydrogens is 424 g/mol. The number of aromatic hydroxyl groups is 1. The second-order valence-electron chi connectivity index (χ2n) is 7.83. The van der Waals surface area contributed by atoms with Crippen LogP contribution in [0.1, 0.15) is 31.2 Å². The van der Waals surface area contributed by atoms with E-state index in [1.165, 1.54) is 6.33 Å². The Morgan fingerprint density at radius 3 is 2.94 bits per heavy atom. The minimum atomic E-state index is -0.0551. The summed E-state index contributed by atoms with van der Waals surface area (Å²) in [6.07, 6.45) is 6.01. The second kappa shape index (κ2) is 10.2. The van der Waals surface area contributed by atoms with Gasteiger partial charge in [0.05, 0.1) is 30.4 Å². The number of carbonyl (C=O) groups excluding carboxylic acids is 1. The highest BCUT2D eigenvalue weighted by Gasteiger charge is 2.16. The molecule has 0 spiro atoms. The van der Waals surface area contributed by atoms with Gasteiger partial charge in [-0.3, -0.25) is 9.79 Å². The molecule has 0 radical (unpaired) electrons. The van der Waals surface area contributed by atoms with Crippen LogP contribution in [0.2, 0.25) is 0 Å². The van der Waals surface area contributed by atoms with Crippen molar-refractivity contribution < 1.29 is 19.4 Å². The lowest BCUT2D eigenvalue weighted by molar-refractivity contribution is -0.129. The molecule has 10 heteroatoms. The first-order valence-electron chi connectivity index (χ1n) is 10.9. The fraction of sp³-hybridized carbons (Fsp3) is 0.391. The number of rotatable bonds is 1. The van der Waals surface area contributed by atoms with E-state index >= 15 is 0 Å². The Labute approximate surface area is 191 Å². The molecule has 1 aromatic carbocycles. The first kappa shape index (κ1) is 22.4. The van der Waals surface area contributed by atoms with Crippen molar-refractivity contribution in [3.63, 3.8) is 0 Å². The van der Waals surface area contributed by atoms with Crippen molar-refractivity contribution in [1.82, 2.24) is 19.9 Å². The van der Waals surface area contributed by atoms with Crippen molar-refractivity contribution >= 4 is 34.7 Å². The fourth-order valence-electron chi connectivity index (χ4n) is 3.69. The van der Waals surface area contributed by atoms with Crippen molar-refractivity contribution in [2.75, 3.05) is 39.2 Å². The third-order valence-electron chi connectivity index (χ3n) is 5.56. The maximum absolute atomic E-state index is 12.4. The van der Waals surface area contributed by atoms with Crippen LogP contribution in [0, 0.1) is 0 Å². The van der Waals surface area contributed by atoms with E-state index in [0.717, 1.165) is 19.3 Å². The molecule has 0 saturated heterocycles. The summed E-state index contributed by atoms with van der Waals surface area (Å²) >= 11 is 0. The van der Waals surface area contributed by atoms with Gasteiger partial charge in [0, 0.05) is 38.8 Å². The monoisotopic (exact) mass is 452 g/mol. The molecule has 0 saturated carbocycles. The maximum atomic E-state index is 12.4. The quantitative estimate of drug-likeness (QED) is 0.518. The number of fused-ring (bicyclic) bond motifs is 2. The zero-order valence-corrected chi connectivity index (χ0v) is 18.8. The number of anilines is 1.